The van der Waals surface area contributed by atoms with Crippen molar-refractivity contribution in [3.05, 3.63) is 47.7 Å². The minimum absolute atomic E-state index is 0.0134. The number of hydrogen-bond acceptors (Lipinski definition) is 10. The monoisotopic (exact) mass is 650 g/mol. The van der Waals surface area contributed by atoms with E-state index in [1.54, 1.807) is 0 Å². The first kappa shape index (κ1) is 29.3. The van der Waals surface area contributed by atoms with Crippen molar-refractivity contribution in [1.29, 1.82) is 5.26 Å². The van der Waals surface area contributed by atoms with Crippen LogP contribution in [-0.4, -0.2) is 69.8 Å². The first-order valence-electron chi connectivity index (χ1n) is 15.4. The third-order valence-corrected chi connectivity index (χ3v) is 11.2. The molecule has 3 N–H and O–H groups in total. The molecule has 0 radical (unpaired) electrons. The van der Waals surface area contributed by atoms with Gasteiger partial charge in [0.05, 0.1) is 26.7 Å². The van der Waals surface area contributed by atoms with Crippen molar-refractivity contribution in [3.8, 4) is 23.3 Å². The van der Waals surface area contributed by atoms with E-state index in [9.17, 15) is 18.4 Å². The minimum atomic E-state index is -1.77. The van der Waals surface area contributed by atoms with E-state index in [2.05, 4.69) is 20.2 Å². The van der Waals surface area contributed by atoms with E-state index in [1.165, 1.54) is 18.3 Å². The topological polar surface area (TPSA) is 116 Å². The second kappa shape index (κ2) is 10.8. The molecule has 4 fully saturated rings. The largest absolute Gasteiger partial charge is 0.461 e. The lowest BCUT2D eigenvalue weighted by atomic mass is 9.95. The zero-order valence-electron chi connectivity index (χ0n) is 24.8. The standard InChI is InChI=1S/C32H30F4N8OS/c33-21-4-3-18(23-19(12-37)28(38)46-27(21)23)25-24(36)26-20(13-39-25)29(43-14-17-5-8-31(15-43,42-17)11-22(34)35)41-30(40-26)45-16-32-6-1-9-44(32)10-2-7-32/h3-4,11,13,17,42H,1-2,5-10,14-16,38H2/t17-,31?/m1/s1. The van der Waals surface area contributed by atoms with Gasteiger partial charge in [-0.15, -0.1) is 11.3 Å². The molecule has 7 heterocycles. The molecule has 0 spiro atoms. The van der Waals surface area contributed by atoms with Crippen LogP contribution in [0.25, 0.3) is 32.2 Å². The van der Waals surface area contributed by atoms with Gasteiger partial charge in [0, 0.05) is 42.4 Å². The molecule has 4 aliphatic heterocycles. The number of fused-ring (bicyclic) bond motifs is 5. The number of nitrogens with one attached hydrogen (secondary N) is 1. The summed E-state index contributed by atoms with van der Waals surface area (Å²) in [6.07, 6.45) is 6.00. The highest BCUT2D eigenvalue weighted by molar-refractivity contribution is 7.23. The van der Waals surface area contributed by atoms with E-state index >= 15 is 4.39 Å². The highest BCUT2D eigenvalue weighted by Gasteiger charge is 2.46. The summed E-state index contributed by atoms with van der Waals surface area (Å²) >= 11 is 0.917. The number of rotatable bonds is 6. The average Bonchev–Trinajstić information content (AvgIpc) is 3.77. The number of piperazine rings is 1. The van der Waals surface area contributed by atoms with Crippen LogP contribution in [0.1, 0.15) is 44.1 Å². The summed E-state index contributed by atoms with van der Waals surface area (Å²) in [5, 5.41) is 13.7. The van der Waals surface area contributed by atoms with E-state index in [1.807, 2.05) is 11.0 Å². The van der Waals surface area contributed by atoms with Crippen LogP contribution in [0, 0.1) is 23.0 Å². The van der Waals surface area contributed by atoms with Crippen molar-refractivity contribution < 1.29 is 22.3 Å². The molecule has 4 aromatic rings. The van der Waals surface area contributed by atoms with Gasteiger partial charge in [-0.05, 0) is 63.7 Å². The number of aromatic nitrogens is 3. The van der Waals surface area contributed by atoms with Gasteiger partial charge in [-0.2, -0.15) is 24.0 Å². The molecule has 8 rings (SSSR count). The Morgan fingerprint density at radius 3 is 2.76 bits per heavy atom. The molecule has 3 aromatic heterocycles. The van der Waals surface area contributed by atoms with E-state index in [-0.39, 0.29) is 61.6 Å². The summed E-state index contributed by atoms with van der Waals surface area (Å²) < 4.78 is 65.1. The summed E-state index contributed by atoms with van der Waals surface area (Å²) in [7, 11) is 0. The Kier molecular flexibility index (Phi) is 6.86. The molecular formula is C32H30F4N8OS. The first-order valence-corrected chi connectivity index (χ1v) is 16.2. The smallest absolute Gasteiger partial charge is 0.319 e. The van der Waals surface area contributed by atoms with Gasteiger partial charge < -0.3 is 20.7 Å². The third-order valence-electron chi connectivity index (χ3n) is 10.1. The SMILES string of the molecule is N#Cc1c(N)sc2c(F)ccc(-c3ncc4c(N5C[C@H]6CCC(C=C(F)F)(C5)N6)nc(OCC56CCCN5CCC6)nc4c3F)c12. The molecule has 4 aliphatic rings. The Balaban J connectivity index is 1.27. The molecule has 1 unspecified atom stereocenters. The number of pyridine rings is 1. The number of anilines is 2. The molecular weight excluding hydrogens is 620 g/mol. The van der Waals surface area contributed by atoms with Gasteiger partial charge in [0.15, 0.2) is 5.82 Å². The Morgan fingerprint density at radius 2 is 2.00 bits per heavy atom. The molecule has 0 aliphatic carbocycles. The Labute approximate surface area is 265 Å². The van der Waals surface area contributed by atoms with E-state index in [0.29, 0.717) is 37.2 Å². The summed E-state index contributed by atoms with van der Waals surface area (Å²) in [6, 6.07) is 4.51. The summed E-state index contributed by atoms with van der Waals surface area (Å²) in [5.41, 5.74) is 5.03. The fourth-order valence-corrected chi connectivity index (χ4v) is 9.07. The van der Waals surface area contributed by atoms with Gasteiger partial charge in [-0.1, -0.05) is 0 Å². The zero-order valence-corrected chi connectivity index (χ0v) is 25.6. The lowest BCUT2D eigenvalue weighted by Gasteiger charge is -2.40. The van der Waals surface area contributed by atoms with Gasteiger partial charge in [-0.3, -0.25) is 9.88 Å². The Hall–Kier alpha value is -4.06. The maximum Gasteiger partial charge on any atom is 0.319 e. The molecule has 1 aromatic carbocycles. The van der Waals surface area contributed by atoms with Crippen LogP contribution in [0.4, 0.5) is 28.4 Å². The van der Waals surface area contributed by atoms with Gasteiger partial charge in [0.1, 0.15) is 40.5 Å². The van der Waals surface area contributed by atoms with Crippen LogP contribution < -0.4 is 20.7 Å². The van der Waals surface area contributed by atoms with Crippen molar-refractivity contribution in [3.63, 3.8) is 0 Å². The second-order valence-corrected chi connectivity index (χ2v) is 13.9. The van der Waals surface area contributed by atoms with Gasteiger partial charge >= 0.3 is 6.01 Å². The fraction of sp³-hybridized carbons (Fsp3) is 0.438. The number of nitrogen functional groups attached to an aromatic ring is 1. The van der Waals surface area contributed by atoms with Crippen LogP contribution >= 0.6 is 11.3 Å². The van der Waals surface area contributed by atoms with E-state index < -0.39 is 23.3 Å². The number of nitrogens with zero attached hydrogens (tertiary/aromatic N) is 6. The van der Waals surface area contributed by atoms with Gasteiger partial charge in [0.25, 0.3) is 6.08 Å². The fourth-order valence-electron chi connectivity index (χ4n) is 8.12. The molecule has 9 nitrogen and oxygen atoms in total. The van der Waals surface area contributed by atoms with E-state index in [4.69, 9.17) is 15.5 Å². The maximum atomic E-state index is 16.8. The Morgan fingerprint density at radius 1 is 1.20 bits per heavy atom. The number of benzene rings is 1. The van der Waals surface area contributed by atoms with E-state index in [0.717, 1.165) is 56.2 Å². The summed E-state index contributed by atoms with van der Waals surface area (Å²) in [5.74, 6) is -1.03. The third kappa shape index (κ3) is 4.58. The highest BCUT2D eigenvalue weighted by Crippen LogP contribution is 2.44. The molecule has 2 atom stereocenters. The predicted molar refractivity (Wildman–Crippen MR) is 167 cm³/mol. The molecule has 2 bridgehead atoms. The number of nitrogens with two attached hydrogens (primary N) is 1. The van der Waals surface area contributed by atoms with Crippen LogP contribution in [0.3, 0.4) is 0 Å². The summed E-state index contributed by atoms with van der Waals surface area (Å²) in [6.45, 7) is 3.01. The number of halogens is 4. The number of nitriles is 1. The maximum absolute atomic E-state index is 16.8. The lowest BCUT2D eigenvalue weighted by Crippen LogP contribution is -2.59. The lowest BCUT2D eigenvalue weighted by molar-refractivity contribution is 0.108. The second-order valence-electron chi connectivity index (χ2n) is 12.8. The molecule has 238 valence electrons. The van der Waals surface area contributed by atoms with Crippen LogP contribution in [0.2, 0.25) is 0 Å². The van der Waals surface area contributed by atoms with Crippen molar-refractivity contribution >= 4 is 43.1 Å². The Bertz CT molecular complexity index is 1960. The number of thiophene rings is 1. The quantitative estimate of drug-likeness (QED) is 0.252. The van der Waals surface area contributed by atoms with Crippen molar-refractivity contribution in [1.82, 2.24) is 25.2 Å². The first-order chi connectivity index (χ1) is 22.2. The predicted octanol–water partition coefficient (Wildman–Crippen LogP) is 5.74. The summed E-state index contributed by atoms with van der Waals surface area (Å²) in [4.78, 5) is 18.1. The molecule has 0 saturated carbocycles. The normalized spacial score (nSPS) is 23.6. The molecule has 14 heteroatoms. The average molecular weight is 651 g/mol. The molecule has 46 heavy (non-hydrogen) atoms. The zero-order chi connectivity index (χ0) is 31.8. The molecule has 4 saturated heterocycles. The van der Waals surface area contributed by atoms with Crippen molar-refractivity contribution in [2.75, 3.05) is 43.4 Å². The van der Waals surface area contributed by atoms with Gasteiger partial charge in [0.2, 0.25) is 0 Å². The molecule has 0 amide bonds. The van der Waals surface area contributed by atoms with Crippen LogP contribution in [0.15, 0.2) is 30.5 Å². The number of hydrogen-bond donors (Lipinski definition) is 2. The minimum Gasteiger partial charge on any atom is -0.461 e. The van der Waals surface area contributed by atoms with Crippen LogP contribution in [-0.2, 0) is 0 Å². The van der Waals surface area contributed by atoms with Crippen LogP contribution in [0.5, 0.6) is 6.01 Å². The van der Waals surface area contributed by atoms with Crippen molar-refractivity contribution in [2.45, 2.75) is 55.6 Å². The van der Waals surface area contributed by atoms with Gasteiger partial charge in [-0.25, -0.2) is 8.78 Å². The number of ether oxygens (including phenoxy) is 1. The van der Waals surface area contributed by atoms with Crippen molar-refractivity contribution in [2.24, 2.45) is 0 Å². The highest BCUT2D eigenvalue weighted by atomic mass is 32.1.